The molecule has 6 heteroatoms. The zero-order valence-corrected chi connectivity index (χ0v) is 13.2. The molecular weight excluding hydrogens is 308 g/mol. The number of carbonyl (C=O) groups is 1. The summed E-state index contributed by atoms with van der Waals surface area (Å²) in [5.41, 5.74) is 2.54. The molecule has 24 heavy (non-hydrogen) atoms. The number of anilines is 1. The maximum absolute atomic E-state index is 11.4. The second-order valence-electron chi connectivity index (χ2n) is 5.73. The normalized spacial score (nSPS) is 13.1. The number of fused-ring (bicyclic) bond motifs is 1. The monoisotopic (exact) mass is 328 g/mol. The number of nitrogens with one attached hydrogen (secondary N) is 2. The third kappa shape index (κ3) is 3.97. The van der Waals surface area contributed by atoms with Crippen LogP contribution in [0.3, 0.4) is 0 Å². The Hall–Kier alpha value is -2.73. The predicted octanol–water partition coefficient (Wildman–Crippen LogP) is 1.80. The number of amides is 1. The zero-order valence-electron chi connectivity index (χ0n) is 13.2. The Morgan fingerprint density at radius 2 is 1.79 bits per heavy atom. The average Bonchev–Trinajstić information content (AvgIpc) is 2.55. The molecule has 1 heterocycles. The molecule has 2 aromatic rings. The van der Waals surface area contributed by atoms with E-state index in [1.807, 2.05) is 12.1 Å². The van der Waals surface area contributed by atoms with Crippen molar-refractivity contribution in [1.29, 1.82) is 0 Å². The van der Waals surface area contributed by atoms with Gasteiger partial charge >= 0.3 is 0 Å². The first-order valence-corrected chi connectivity index (χ1v) is 7.89. The lowest BCUT2D eigenvalue weighted by atomic mass is 10.1. The molecule has 0 saturated carbocycles. The molecule has 1 aliphatic heterocycles. The van der Waals surface area contributed by atoms with E-state index in [9.17, 15) is 15.0 Å². The Bertz CT molecular complexity index is 729. The third-order valence-corrected chi connectivity index (χ3v) is 3.87. The van der Waals surface area contributed by atoms with Gasteiger partial charge in [0, 0.05) is 11.6 Å². The number of phenols is 2. The topological polar surface area (TPSA) is 90.8 Å². The molecule has 0 bridgehead atoms. The van der Waals surface area contributed by atoms with Gasteiger partial charge in [0.1, 0.15) is 17.2 Å². The summed E-state index contributed by atoms with van der Waals surface area (Å²) in [6.07, 6.45) is 1.55. The Morgan fingerprint density at radius 3 is 2.58 bits per heavy atom. The number of aromatic hydroxyl groups is 2. The van der Waals surface area contributed by atoms with Crippen molar-refractivity contribution in [3.05, 3.63) is 47.5 Å². The standard InChI is InChI=1S/C18H20N2O4/c21-14-3-1-12(2-4-14)5-7-19-8-6-13-9-15(22)10-16-18(13)24-11-17(23)20-16/h1-4,9-10,19,21-22H,5-8,11H2,(H,20,23). The molecule has 3 rings (SSSR count). The number of hydrogen-bond acceptors (Lipinski definition) is 5. The van der Waals surface area contributed by atoms with Crippen LogP contribution in [0.5, 0.6) is 17.2 Å². The van der Waals surface area contributed by atoms with Crippen molar-refractivity contribution in [2.45, 2.75) is 12.8 Å². The second kappa shape index (κ2) is 7.23. The average molecular weight is 328 g/mol. The summed E-state index contributed by atoms with van der Waals surface area (Å²) in [6.45, 7) is 1.54. The van der Waals surface area contributed by atoms with E-state index >= 15 is 0 Å². The highest BCUT2D eigenvalue weighted by molar-refractivity contribution is 5.96. The van der Waals surface area contributed by atoms with Gasteiger partial charge in [0.05, 0.1) is 5.69 Å². The Labute approximate surface area is 140 Å². The number of rotatable bonds is 6. The first-order valence-electron chi connectivity index (χ1n) is 7.89. The van der Waals surface area contributed by atoms with Gasteiger partial charge in [-0.2, -0.15) is 0 Å². The van der Waals surface area contributed by atoms with E-state index in [1.165, 1.54) is 6.07 Å². The molecule has 2 aromatic carbocycles. The third-order valence-electron chi connectivity index (χ3n) is 3.87. The number of benzene rings is 2. The van der Waals surface area contributed by atoms with Crippen LogP contribution >= 0.6 is 0 Å². The maximum Gasteiger partial charge on any atom is 0.262 e. The van der Waals surface area contributed by atoms with Crippen molar-refractivity contribution >= 4 is 11.6 Å². The van der Waals surface area contributed by atoms with Gasteiger partial charge in [-0.05, 0) is 49.7 Å². The van der Waals surface area contributed by atoms with Crippen LogP contribution in [0.25, 0.3) is 0 Å². The van der Waals surface area contributed by atoms with Gasteiger partial charge in [0.25, 0.3) is 5.91 Å². The largest absolute Gasteiger partial charge is 0.508 e. The van der Waals surface area contributed by atoms with Crippen molar-refractivity contribution in [1.82, 2.24) is 5.32 Å². The van der Waals surface area contributed by atoms with E-state index in [1.54, 1.807) is 18.2 Å². The molecule has 0 atom stereocenters. The lowest BCUT2D eigenvalue weighted by molar-refractivity contribution is -0.118. The molecule has 126 valence electrons. The van der Waals surface area contributed by atoms with Crippen LogP contribution in [0.4, 0.5) is 5.69 Å². The number of hydrogen-bond donors (Lipinski definition) is 4. The summed E-state index contributed by atoms with van der Waals surface area (Å²) in [5, 5.41) is 25.1. The van der Waals surface area contributed by atoms with Crippen LogP contribution in [0.1, 0.15) is 11.1 Å². The van der Waals surface area contributed by atoms with Crippen molar-refractivity contribution in [2.24, 2.45) is 0 Å². The van der Waals surface area contributed by atoms with E-state index in [-0.39, 0.29) is 24.0 Å². The summed E-state index contributed by atoms with van der Waals surface area (Å²) in [7, 11) is 0. The summed E-state index contributed by atoms with van der Waals surface area (Å²) in [5.74, 6) is 0.796. The molecule has 0 aromatic heterocycles. The molecule has 1 amide bonds. The Kier molecular flexibility index (Phi) is 4.86. The van der Waals surface area contributed by atoms with E-state index in [0.717, 1.165) is 30.6 Å². The fraction of sp³-hybridized carbons (Fsp3) is 0.278. The minimum Gasteiger partial charge on any atom is -0.508 e. The van der Waals surface area contributed by atoms with Gasteiger partial charge < -0.3 is 25.6 Å². The van der Waals surface area contributed by atoms with Crippen LogP contribution in [0.15, 0.2) is 36.4 Å². The minimum atomic E-state index is -0.217. The molecule has 0 saturated heterocycles. The van der Waals surface area contributed by atoms with Crippen LogP contribution in [-0.4, -0.2) is 35.8 Å². The molecule has 4 N–H and O–H groups in total. The second-order valence-corrected chi connectivity index (χ2v) is 5.73. The summed E-state index contributed by atoms with van der Waals surface area (Å²) in [4.78, 5) is 11.4. The van der Waals surface area contributed by atoms with Gasteiger partial charge in [0.2, 0.25) is 0 Å². The lowest BCUT2D eigenvalue weighted by Gasteiger charge is -2.21. The molecule has 0 radical (unpaired) electrons. The first kappa shape index (κ1) is 16.1. The molecule has 1 aliphatic rings. The number of carbonyl (C=O) groups excluding carboxylic acids is 1. The fourth-order valence-electron chi connectivity index (χ4n) is 2.69. The highest BCUT2D eigenvalue weighted by Gasteiger charge is 2.20. The van der Waals surface area contributed by atoms with Crippen molar-refractivity contribution in [3.63, 3.8) is 0 Å². The quantitative estimate of drug-likeness (QED) is 0.607. The summed E-state index contributed by atoms with van der Waals surface area (Å²) >= 11 is 0. The van der Waals surface area contributed by atoms with Crippen molar-refractivity contribution in [3.8, 4) is 17.2 Å². The smallest absolute Gasteiger partial charge is 0.262 e. The van der Waals surface area contributed by atoms with E-state index in [4.69, 9.17) is 4.74 Å². The zero-order chi connectivity index (χ0) is 16.9. The molecule has 0 unspecified atom stereocenters. The van der Waals surface area contributed by atoms with Gasteiger partial charge in [-0.25, -0.2) is 0 Å². The van der Waals surface area contributed by atoms with Gasteiger partial charge in [-0.15, -0.1) is 0 Å². The molecular formula is C18H20N2O4. The van der Waals surface area contributed by atoms with Gasteiger partial charge in [-0.1, -0.05) is 12.1 Å². The SMILES string of the molecule is O=C1COc2c(CCNCCc3ccc(O)cc3)cc(O)cc2N1. The molecule has 0 spiro atoms. The predicted molar refractivity (Wildman–Crippen MR) is 90.6 cm³/mol. The number of phenolic OH excluding ortho intramolecular Hbond substituents is 2. The van der Waals surface area contributed by atoms with Crippen LogP contribution < -0.4 is 15.4 Å². The molecule has 6 nitrogen and oxygen atoms in total. The van der Waals surface area contributed by atoms with Gasteiger partial charge in [-0.3, -0.25) is 4.79 Å². The molecule has 0 aliphatic carbocycles. The first-order chi connectivity index (χ1) is 11.6. The van der Waals surface area contributed by atoms with Crippen LogP contribution in [-0.2, 0) is 17.6 Å². The van der Waals surface area contributed by atoms with Crippen molar-refractivity contribution < 1.29 is 19.7 Å². The fourth-order valence-corrected chi connectivity index (χ4v) is 2.69. The lowest BCUT2D eigenvalue weighted by Crippen LogP contribution is -2.26. The van der Waals surface area contributed by atoms with E-state index in [2.05, 4.69) is 10.6 Å². The molecule has 0 fully saturated rings. The Balaban J connectivity index is 1.52. The summed E-state index contributed by atoms with van der Waals surface area (Å²) < 4.78 is 5.48. The maximum atomic E-state index is 11.4. The Morgan fingerprint density at radius 1 is 1.04 bits per heavy atom. The minimum absolute atomic E-state index is 0.000936. The highest BCUT2D eigenvalue weighted by Crippen LogP contribution is 2.35. The van der Waals surface area contributed by atoms with Gasteiger partial charge in [0.15, 0.2) is 6.61 Å². The van der Waals surface area contributed by atoms with Crippen LogP contribution in [0, 0.1) is 0 Å². The summed E-state index contributed by atoms with van der Waals surface area (Å²) in [6, 6.07) is 10.3. The van der Waals surface area contributed by atoms with E-state index < -0.39 is 0 Å². The van der Waals surface area contributed by atoms with E-state index in [0.29, 0.717) is 17.9 Å². The highest BCUT2D eigenvalue weighted by atomic mass is 16.5. The van der Waals surface area contributed by atoms with Crippen LogP contribution in [0.2, 0.25) is 0 Å². The number of ether oxygens (including phenoxy) is 1. The van der Waals surface area contributed by atoms with Crippen molar-refractivity contribution in [2.75, 3.05) is 25.0 Å².